The van der Waals surface area contributed by atoms with Crippen LogP contribution in [0.15, 0.2) is 11.5 Å². The molecule has 0 amide bonds. The highest BCUT2D eigenvalue weighted by molar-refractivity contribution is 14.1. The van der Waals surface area contributed by atoms with Crippen LogP contribution in [0.4, 0.5) is 0 Å². The molecule has 0 spiro atoms. The first-order chi connectivity index (χ1) is 5.39. The zero-order valence-corrected chi connectivity index (χ0v) is 8.27. The number of rotatable bonds is 1. The maximum atomic E-state index is 10.7. The van der Waals surface area contributed by atoms with Crippen LogP contribution in [-0.4, -0.2) is 31.0 Å². The number of carbonyl (C=O) groups excluding carboxylic acids is 1. The molecule has 3 N–H and O–H groups in total. The molecule has 0 saturated carbocycles. The highest BCUT2D eigenvalue weighted by Gasteiger charge is 2.50. The van der Waals surface area contributed by atoms with E-state index < -0.39 is 27.2 Å². The van der Waals surface area contributed by atoms with Crippen molar-refractivity contribution in [2.45, 2.75) is 16.6 Å². The van der Waals surface area contributed by atoms with E-state index in [0.717, 1.165) is 0 Å². The summed E-state index contributed by atoms with van der Waals surface area (Å²) in [6, 6.07) is 0. The molecule has 0 saturated heterocycles. The Labute approximate surface area is 81.8 Å². The quantitative estimate of drug-likeness (QED) is 0.368. The second kappa shape index (κ2) is 2.77. The smallest absolute Gasteiger partial charge is 0.379 e. The maximum Gasteiger partial charge on any atom is 0.379 e. The molecule has 5 nitrogen and oxygen atoms in total. The summed E-state index contributed by atoms with van der Waals surface area (Å²) >= 11 is 1.55. The van der Waals surface area contributed by atoms with E-state index in [2.05, 4.69) is 4.74 Å². The Morgan fingerprint density at radius 1 is 1.58 bits per heavy atom. The zero-order chi connectivity index (χ0) is 9.52. The first-order valence-corrected chi connectivity index (χ1v) is 4.20. The molecule has 0 bridgehead atoms. The fraction of sp³-hybridized carbons (Fsp3) is 0.500. The minimum Gasteiger partial charge on any atom is -0.504 e. The molecular formula is C6H7IO5. The summed E-state index contributed by atoms with van der Waals surface area (Å²) in [7, 11) is 0. The van der Waals surface area contributed by atoms with Crippen LogP contribution in [0.2, 0.25) is 0 Å². The van der Waals surface area contributed by atoms with Gasteiger partial charge in [-0.05, 0) is 29.5 Å². The number of esters is 1. The number of cyclic esters (lactones) is 1. The number of aliphatic hydroxyl groups excluding tert-OH is 3. The van der Waals surface area contributed by atoms with E-state index in [1.165, 1.54) is 6.92 Å². The Kier molecular flexibility index (Phi) is 2.21. The molecule has 12 heavy (non-hydrogen) atoms. The number of hydrogen-bond acceptors (Lipinski definition) is 5. The van der Waals surface area contributed by atoms with Crippen LogP contribution in [0.3, 0.4) is 0 Å². The molecule has 1 rings (SSSR count). The van der Waals surface area contributed by atoms with Crippen LogP contribution in [0, 0.1) is 0 Å². The molecule has 0 radical (unpaired) electrons. The van der Waals surface area contributed by atoms with Gasteiger partial charge in [-0.15, -0.1) is 0 Å². The Morgan fingerprint density at radius 3 is 2.25 bits per heavy atom. The predicted octanol–water partition coefficient (Wildman–Crippen LogP) is 0.383. The van der Waals surface area contributed by atoms with E-state index in [-0.39, 0.29) is 0 Å². The summed E-state index contributed by atoms with van der Waals surface area (Å²) < 4.78 is 3.02. The molecule has 1 aliphatic heterocycles. The van der Waals surface area contributed by atoms with Gasteiger partial charge in [-0.1, -0.05) is 0 Å². The summed E-state index contributed by atoms with van der Waals surface area (Å²) in [6.45, 7) is 1.34. The lowest BCUT2D eigenvalue weighted by Crippen LogP contribution is -2.36. The summed E-state index contributed by atoms with van der Waals surface area (Å²) in [5.41, 5.74) is 0. The van der Waals surface area contributed by atoms with Crippen molar-refractivity contribution < 1.29 is 24.9 Å². The van der Waals surface area contributed by atoms with Crippen molar-refractivity contribution in [2.24, 2.45) is 0 Å². The summed E-state index contributed by atoms with van der Waals surface area (Å²) in [4.78, 5) is 10.7. The van der Waals surface area contributed by atoms with Gasteiger partial charge in [0.1, 0.15) is 6.10 Å². The van der Waals surface area contributed by atoms with E-state index in [1.54, 1.807) is 22.6 Å². The van der Waals surface area contributed by atoms with Gasteiger partial charge in [0, 0.05) is 0 Å². The first-order valence-electron chi connectivity index (χ1n) is 3.12. The molecule has 0 aromatic rings. The maximum absolute atomic E-state index is 10.7. The normalized spacial score (nSPS) is 32.1. The molecule has 0 aromatic heterocycles. The Hall–Kier alpha value is -0.500. The van der Waals surface area contributed by atoms with Crippen molar-refractivity contribution in [3.8, 4) is 0 Å². The third kappa shape index (κ3) is 1.14. The molecule has 68 valence electrons. The van der Waals surface area contributed by atoms with Gasteiger partial charge in [-0.2, -0.15) is 0 Å². The topological polar surface area (TPSA) is 87.0 Å². The van der Waals surface area contributed by atoms with Crippen LogP contribution in [-0.2, 0) is 9.53 Å². The lowest BCUT2D eigenvalue weighted by molar-refractivity contribution is -0.147. The van der Waals surface area contributed by atoms with Gasteiger partial charge in [0.05, 0.1) is 0 Å². The molecular weight excluding hydrogens is 279 g/mol. The lowest BCUT2D eigenvalue weighted by Gasteiger charge is -2.23. The van der Waals surface area contributed by atoms with Crippen molar-refractivity contribution in [2.75, 3.05) is 0 Å². The molecule has 6 heteroatoms. The largest absolute Gasteiger partial charge is 0.504 e. The zero-order valence-electron chi connectivity index (χ0n) is 6.11. The van der Waals surface area contributed by atoms with Crippen molar-refractivity contribution in [3.63, 3.8) is 0 Å². The Bertz CT molecular complexity index is 259. The van der Waals surface area contributed by atoms with Crippen molar-refractivity contribution in [1.29, 1.82) is 0 Å². The fourth-order valence-corrected chi connectivity index (χ4v) is 1.23. The first kappa shape index (κ1) is 9.59. The average molecular weight is 286 g/mol. The van der Waals surface area contributed by atoms with Crippen molar-refractivity contribution in [1.82, 2.24) is 0 Å². The number of carbonyl (C=O) groups is 1. The number of alkyl halides is 1. The number of halogens is 1. The van der Waals surface area contributed by atoms with Crippen LogP contribution in [0.25, 0.3) is 0 Å². The van der Waals surface area contributed by atoms with Crippen LogP contribution >= 0.6 is 22.6 Å². The number of hydrogen-bond donors (Lipinski definition) is 3. The SMILES string of the molecule is C[C@H](O)[C@@]1(I)OC(=O)C(O)=C1O. The van der Waals surface area contributed by atoms with Gasteiger partial charge in [-0.3, -0.25) is 0 Å². The van der Waals surface area contributed by atoms with Gasteiger partial charge < -0.3 is 20.1 Å². The Balaban J connectivity index is 3.08. The average Bonchev–Trinajstić information content (AvgIpc) is 2.17. The van der Waals surface area contributed by atoms with Crippen LogP contribution in [0.5, 0.6) is 0 Å². The molecule has 0 aliphatic carbocycles. The third-order valence-electron chi connectivity index (χ3n) is 1.52. The van der Waals surface area contributed by atoms with E-state index in [4.69, 9.17) is 10.2 Å². The fourth-order valence-electron chi connectivity index (χ4n) is 0.773. The van der Waals surface area contributed by atoms with Crippen molar-refractivity contribution in [3.05, 3.63) is 11.5 Å². The second-order valence-corrected chi connectivity index (χ2v) is 4.01. The predicted molar refractivity (Wildman–Crippen MR) is 46.8 cm³/mol. The summed E-state index contributed by atoms with van der Waals surface area (Å²) in [6.07, 6.45) is -1.09. The molecule has 0 aromatic carbocycles. The summed E-state index contributed by atoms with van der Waals surface area (Å²) in [5.74, 6) is -2.50. The van der Waals surface area contributed by atoms with E-state index in [0.29, 0.717) is 0 Å². The third-order valence-corrected chi connectivity index (χ3v) is 3.15. The minimum atomic E-state index is -1.54. The second-order valence-electron chi connectivity index (χ2n) is 2.41. The highest BCUT2D eigenvalue weighted by atomic mass is 127. The van der Waals surface area contributed by atoms with Crippen LogP contribution < -0.4 is 0 Å². The molecule has 0 fully saturated rings. The summed E-state index contributed by atoms with van der Waals surface area (Å²) in [5, 5.41) is 27.2. The van der Waals surface area contributed by atoms with Gasteiger partial charge in [0.25, 0.3) is 0 Å². The molecule has 0 unspecified atom stereocenters. The standard InChI is InChI=1S/C6H7IO5/c1-2(8)6(7)4(10)3(9)5(11)12-6/h2,8-10H,1H3/t2-,6+/m0/s1. The Morgan fingerprint density at radius 2 is 2.08 bits per heavy atom. The minimum absolute atomic E-state index is 0.636. The lowest BCUT2D eigenvalue weighted by atomic mass is 10.2. The van der Waals surface area contributed by atoms with E-state index >= 15 is 0 Å². The number of aliphatic hydroxyl groups is 3. The monoisotopic (exact) mass is 286 g/mol. The van der Waals surface area contributed by atoms with E-state index in [9.17, 15) is 9.90 Å². The van der Waals surface area contributed by atoms with E-state index in [1.807, 2.05) is 0 Å². The van der Waals surface area contributed by atoms with Gasteiger partial charge in [-0.25, -0.2) is 4.79 Å². The molecule has 1 aliphatic rings. The van der Waals surface area contributed by atoms with Gasteiger partial charge >= 0.3 is 5.97 Å². The van der Waals surface area contributed by atoms with Crippen molar-refractivity contribution >= 4 is 28.6 Å². The molecule has 2 atom stereocenters. The van der Waals surface area contributed by atoms with Crippen LogP contribution in [0.1, 0.15) is 6.92 Å². The van der Waals surface area contributed by atoms with Gasteiger partial charge in [0.2, 0.25) is 9.37 Å². The molecule has 1 heterocycles. The van der Waals surface area contributed by atoms with Gasteiger partial charge in [0.15, 0.2) is 5.76 Å². The highest BCUT2D eigenvalue weighted by Crippen LogP contribution is 2.38. The number of ether oxygens (including phenoxy) is 1.